The van der Waals surface area contributed by atoms with Crippen molar-refractivity contribution in [3.8, 4) is 11.5 Å². The molecule has 3 fully saturated rings. The van der Waals surface area contributed by atoms with Gasteiger partial charge in [0.1, 0.15) is 6.61 Å². The second-order valence-electron chi connectivity index (χ2n) is 9.45. The van der Waals surface area contributed by atoms with Crippen LogP contribution in [0.3, 0.4) is 0 Å². The maximum atomic E-state index is 13.1. The standard InChI is InChI=1S/C26H21Cl3N2O4/c1-34-21-7-12(6-20(29)24(21)35-11-13-2-3-14(27)8-19(13)28)10-30-31-25(32)22-15-4-5-16(18-9-17(15)18)23(22)26(31)33/h2-8,10,15-18,22-23H,9,11H2,1H3/b30-10-/t15-,16-,17-,18+,22+,23+/m0/s1. The molecule has 9 heteroatoms. The van der Waals surface area contributed by atoms with E-state index in [1.54, 1.807) is 30.3 Å². The van der Waals surface area contributed by atoms with Gasteiger partial charge in [-0.25, -0.2) is 0 Å². The molecule has 1 saturated heterocycles. The first kappa shape index (κ1) is 22.9. The lowest BCUT2D eigenvalue weighted by Gasteiger charge is -2.37. The first-order valence-corrected chi connectivity index (χ1v) is 12.5. The van der Waals surface area contributed by atoms with Gasteiger partial charge in [-0.1, -0.05) is 53.0 Å². The summed E-state index contributed by atoms with van der Waals surface area (Å²) in [5.74, 6) is 1.16. The largest absolute Gasteiger partial charge is 0.493 e. The van der Waals surface area contributed by atoms with Crippen LogP contribution in [-0.4, -0.2) is 30.1 Å². The van der Waals surface area contributed by atoms with E-state index in [9.17, 15) is 9.59 Å². The van der Waals surface area contributed by atoms with Crippen LogP contribution in [0.2, 0.25) is 15.1 Å². The fourth-order valence-corrected chi connectivity index (χ4v) is 6.66. The second kappa shape index (κ2) is 8.54. The minimum Gasteiger partial charge on any atom is -0.493 e. The van der Waals surface area contributed by atoms with Crippen LogP contribution < -0.4 is 9.47 Å². The zero-order valence-electron chi connectivity index (χ0n) is 18.7. The van der Waals surface area contributed by atoms with Crippen molar-refractivity contribution in [2.45, 2.75) is 13.0 Å². The minimum absolute atomic E-state index is 0.159. The minimum atomic E-state index is -0.285. The van der Waals surface area contributed by atoms with Gasteiger partial charge in [0, 0.05) is 15.6 Å². The number of imide groups is 1. The van der Waals surface area contributed by atoms with Crippen LogP contribution in [0.5, 0.6) is 11.5 Å². The van der Waals surface area contributed by atoms with E-state index in [1.165, 1.54) is 13.3 Å². The van der Waals surface area contributed by atoms with Crippen molar-refractivity contribution < 1.29 is 19.1 Å². The highest BCUT2D eigenvalue weighted by atomic mass is 35.5. The Morgan fingerprint density at radius 3 is 2.31 bits per heavy atom. The topological polar surface area (TPSA) is 68.2 Å². The molecule has 5 aliphatic rings. The van der Waals surface area contributed by atoms with Gasteiger partial charge in [0.15, 0.2) is 11.5 Å². The number of hydrogen-bond donors (Lipinski definition) is 0. The molecule has 0 N–H and O–H groups in total. The second-order valence-corrected chi connectivity index (χ2v) is 10.7. The number of ether oxygens (including phenoxy) is 2. The van der Waals surface area contributed by atoms with E-state index in [0.717, 1.165) is 17.0 Å². The fourth-order valence-electron chi connectivity index (χ4n) is 5.92. The molecule has 2 saturated carbocycles. The number of rotatable bonds is 6. The lowest BCUT2D eigenvalue weighted by molar-refractivity contribution is -0.140. The van der Waals surface area contributed by atoms with Crippen molar-refractivity contribution in [2.24, 2.45) is 40.6 Å². The number of carbonyl (C=O) groups is 2. The molecule has 6 nitrogen and oxygen atoms in total. The Labute approximate surface area is 217 Å². The molecule has 0 unspecified atom stereocenters. The molecule has 7 rings (SSSR count). The van der Waals surface area contributed by atoms with Gasteiger partial charge < -0.3 is 9.47 Å². The van der Waals surface area contributed by atoms with Gasteiger partial charge in [0.25, 0.3) is 11.8 Å². The van der Waals surface area contributed by atoms with Crippen LogP contribution in [0, 0.1) is 35.5 Å². The van der Waals surface area contributed by atoms with Crippen molar-refractivity contribution in [3.05, 3.63) is 68.7 Å². The smallest absolute Gasteiger partial charge is 0.254 e. The Balaban J connectivity index is 1.21. The van der Waals surface area contributed by atoms with Gasteiger partial charge in [0.05, 0.1) is 30.2 Å². The molecule has 6 atom stereocenters. The summed E-state index contributed by atoms with van der Waals surface area (Å²) in [6.45, 7) is 0.164. The Kier molecular flexibility index (Phi) is 5.59. The average molecular weight is 532 g/mol. The summed E-state index contributed by atoms with van der Waals surface area (Å²) >= 11 is 18.7. The van der Waals surface area contributed by atoms with Gasteiger partial charge in [-0.2, -0.15) is 10.1 Å². The van der Waals surface area contributed by atoms with E-state index in [-0.39, 0.29) is 42.1 Å². The summed E-state index contributed by atoms with van der Waals surface area (Å²) in [4.78, 5) is 26.2. The zero-order valence-corrected chi connectivity index (χ0v) is 20.9. The number of benzene rings is 2. The first-order valence-electron chi connectivity index (χ1n) is 11.4. The summed E-state index contributed by atoms with van der Waals surface area (Å²) in [5.41, 5.74) is 1.32. The van der Waals surface area contributed by atoms with Crippen molar-refractivity contribution in [2.75, 3.05) is 7.11 Å². The van der Waals surface area contributed by atoms with E-state index >= 15 is 0 Å². The molecular formula is C26H21Cl3N2O4. The summed E-state index contributed by atoms with van der Waals surface area (Å²) < 4.78 is 11.4. The SMILES string of the molecule is COc1cc(/C=N\N2C(=O)[C@@H]3[C@H]4C=C[C@@H]([C@@H]5C[C@H]45)[C@H]3C2=O)cc(Cl)c1OCc1ccc(Cl)cc1Cl. The normalized spacial score (nSPS) is 30.1. The molecule has 2 aromatic rings. The number of amides is 2. The van der Waals surface area contributed by atoms with Crippen LogP contribution in [0.15, 0.2) is 47.6 Å². The van der Waals surface area contributed by atoms with E-state index in [4.69, 9.17) is 44.3 Å². The van der Waals surface area contributed by atoms with Crippen LogP contribution in [0.4, 0.5) is 0 Å². The Morgan fingerprint density at radius 2 is 1.69 bits per heavy atom. The third-order valence-electron chi connectivity index (χ3n) is 7.60. The molecule has 0 radical (unpaired) electrons. The van der Waals surface area contributed by atoms with Crippen molar-refractivity contribution in [1.82, 2.24) is 5.01 Å². The number of allylic oxidation sites excluding steroid dienone is 2. The molecule has 0 spiro atoms. The molecule has 35 heavy (non-hydrogen) atoms. The Bertz CT molecular complexity index is 1270. The van der Waals surface area contributed by atoms with Crippen LogP contribution in [0.25, 0.3) is 0 Å². The number of hydrogen-bond acceptors (Lipinski definition) is 5. The van der Waals surface area contributed by atoms with Gasteiger partial charge in [-0.15, -0.1) is 0 Å². The molecule has 180 valence electrons. The average Bonchev–Trinajstić information content (AvgIpc) is 3.62. The lowest BCUT2D eigenvalue weighted by Crippen LogP contribution is -2.40. The summed E-state index contributed by atoms with van der Waals surface area (Å²) in [6.07, 6.45) is 6.85. The van der Waals surface area contributed by atoms with E-state index in [2.05, 4.69) is 17.3 Å². The lowest BCUT2D eigenvalue weighted by atomic mass is 9.63. The van der Waals surface area contributed by atoms with Crippen molar-refractivity contribution >= 4 is 52.8 Å². The highest BCUT2D eigenvalue weighted by Gasteiger charge is 2.67. The molecule has 0 aromatic heterocycles. The summed E-state index contributed by atoms with van der Waals surface area (Å²) in [5, 5.41) is 6.63. The van der Waals surface area contributed by atoms with Gasteiger partial charge in [0.2, 0.25) is 0 Å². The number of carbonyl (C=O) groups excluding carboxylic acids is 2. The van der Waals surface area contributed by atoms with Crippen LogP contribution in [0.1, 0.15) is 17.5 Å². The maximum absolute atomic E-state index is 13.1. The highest BCUT2D eigenvalue weighted by Crippen LogP contribution is 2.65. The predicted molar refractivity (Wildman–Crippen MR) is 133 cm³/mol. The summed E-state index contributed by atoms with van der Waals surface area (Å²) in [6, 6.07) is 8.48. The van der Waals surface area contributed by atoms with E-state index in [1.807, 2.05) is 0 Å². The molecule has 2 bridgehead atoms. The molecule has 1 heterocycles. The van der Waals surface area contributed by atoms with E-state index < -0.39 is 0 Å². The van der Waals surface area contributed by atoms with Crippen molar-refractivity contribution in [3.63, 3.8) is 0 Å². The third kappa shape index (κ3) is 3.74. The van der Waals surface area contributed by atoms with Gasteiger partial charge in [-0.05, 0) is 59.9 Å². The maximum Gasteiger partial charge on any atom is 0.254 e. The third-order valence-corrected chi connectivity index (χ3v) is 8.47. The first-order chi connectivity index (χ1) is 16.9. The predicted octanol–water partition coefficient (Wildman–Crippen LogP) is 5.62. The Hall–Kier alpha value is -2.54. The van der Waals surface area contributed by atoms with Crippen LogP contribution in [-0.2, 0) is 16.2 Å². The zero-order chi connectivity index (χ0) is 24.4. The fraction of sp³-hybridized carbons (Fsp3) is 0.346. The number of halogens is 3. The Morgan fingerprint density at radius 1 is 1.00 bits per heavy atom. The number of nitrogens with zero attached hydrogens (tertiary/aromatic N) is 2. The van der Waals surface area contributed by atoms with Crippen molar-refractivity contribution in [1.29, 1.82) is 0 Å². The van der Waals surface area contributed by atoms with Crippen LogP contribution >= 0.6 is 34.8 Å². The molecule has 2 amide bonds. The molecular weight excluding hydrogens is 511 g/mol. The van der Waals surface area contributed by atoms with E-state index in [0.29, 0.717) is 44.0 Å². The number of methoxy groups -OCH3 is 1. The number of hydrazone groups is 1. The van der Waals surface area contributed by atoms with Gasteiger partial charge >= 0.3 is 0 Å². The molecule has 2 aromatic carbocycles. The molecule has 4 aliphatic carbocycles. The monoisotopic (exact) mass is 530 g/mol. The summed E-state index contributed by atoms with van der Waals surface area (Å²) in [7, 11) is 1.50. The quantitative estimate of drug-likeness (QED) is 0.276. The van der Waals surface area contributed by atoms with Gasteiger partial charge in [-0.3, -0.25) is 9.59 Å². The highest BCUT2D eigenvalue weighted by molar-refractivity contribution is 6.35. The molecule has 1 aliphatic heterocycles.